The van der Waals surface area contributed by atoms with E-state index in [1.807, 2.05) is 12.1 Å². The van der Waals surface area contributed by atoms with Gasteiger partial charge in [0.05, 0.1) is 30.6 Å². The molecule has 0 unspecified atom stereocenters. The molecule has 7 heteroatoms. The highest BCUT2D eigenvalue weighted by Gasteiger charge is 2.28. The highest BCUT2D eigenvalue weighted by Crippen LogP contribution is 2.37. The number of benzene rings is 2. The molecule has 1 saturated heterocycles. The van der Waals surface area contributed by atoms with Gasteiger partial charge in [0.25, 0.3) is 0 Å². The van der Waals surface area contributed by atoms with Crippen molar-refractivity contribution in [3.63, 3.8) is 0 Å². The SMILES string of the molecule is CC(=O)/C=C\C1=C(CCCCc2cccc(-c3ncc(OCC4CCNCC4)cn3)c2)C(=O)c2ccc(C#N)cc21. The molecule has 1 aromatic heterocycles. The van der Waals surface area contributed by atoms with Crippen LogP contribution in [0.2, 0.25) is 0 Å². The Kier molecular flexibility index (Phi) is 9.12. The highest BCUT2D eigenvalue weighted by atomic mass is 16.5. The van der Waals surface area contributed by atoms with E-state index in [1.165, 1.54) is 18.6 Å². The number of ketones is 2. The molecule has 1 N–H and O–H groups in total. The minimum atomic E-state index is -0.0857. The number of fused-ring (bicyclic) bond motifs is 1. The molecule has 2 heterocycles. The van der Waals surface area contributed by atoms with Gasteiger partial charge < -0.3 is 10.1 Å². The first kappa shape index (κ1) is 28.1. The summed E-state index contributed by atoms with van der Waals surface area (Å²) >= 11 is 0. The van der Waals surface area contributed by atoms with Crippen LogP contribution in [0.3, 0.4) is 0 Å². The molecule has 0 atom stereocenters. The zero-order chi connectivity index (χ0) is 28.6. The van der Waals surface area contributed by atoms with Gasteiger partial charge in [-0.1, -0.05) is 24.3 Å². The van der Waals surface area contributed by atoms with Crippen LogP contribution in [0.5, 0.6) is 5.75 Å². The maximum Gasteiger partial charge on any atom is 0.190 e. The van der Waals surface area contributed by atoms with Crippen LogP contribution in [0.1, 0.15) is 66.1 Å². The van der Waals surface area contributed by atoms with E-state index >= 15 is 0 Å². The van der Waals surface area contributed by atoms with E-state index in [-0.39, 0.29) is 11.6 Å². The molecule has 2 aromatic carbocycles. The Morgan fingerprint density at radius 3 is 2.61 bits per heavy atom. The van der Waals surface area contributed by atoms with Crippen molar-refractivity contribution in [3.05, 3.63) is 94.8 Å². The average molecular weight is 547 g/mol. The molecule has 0 bridgehead atoms. The van der Waals surface area contributed by atoms with E-state index in [1.54, 1.807) is 36.7 Å². The number of carbonyl (C=O) groups is 2. The normalized spacial score (nSPS) is 15.3. The van der Waals surface area contributed by atoms with E-state index in [2.05, 4.69) is 33.5 Å². The number of allylic oxidation sites excluding steroid dienone is 4. The Hall–Kier alpha value is -4.41. The van der Waals surface area contributed by atoms with Crippen molar-refractivity contribution in [2.45, 2.75) is 45.4 Å². The smallest absolute Gasteiger partial charge is 0.190 e. The lowest BCUT2D eigenvalue weighted by Gasteiger charge is -2.22. The summed E-state index contributed by atoms with van der Waals surface area (Å²) in [6.07, 6.45) is 12.1. The number of carbonyl (C=O) groups excluding carboxylic acids is 2. The van der Waals surface area contributed by atoms with Crippen molar-refractivity contribution in [3.8, 4) is 23.2 Å². The number of rotatable bonds is 11. The van der Waals surface area contributed by atoms with Crippen LogP contribution in [0.4, 0.5) is 0 Å². The maximum atomic E-state index is 13.2. The van der Waals surface area contributed by atoms with Crippen LogP contribution in [-0.4, -0.2) is 41.2 Å². The second-order valence-corrected chi connectivity index (χ2v) is 10.7. The van der Waals surface area contributed by atoms with Gasteiger partial charge in [0, 0.05) is 16.7 Å². The molecule has 0 radical (unpaired) electrons. The number of nitrogens with one attached hydrogen (secondary N) is 1. The number of aromatic nitrogens is 2. The van der Waals surface area contributed by atoms with Crippen LogP contribution in [0, 0.1) is 17.2 Å². The zero-order valence-corrected chi connectivity index (χ0v) is 23.4. The van der Waals surface area contributed by atoms with Crippen molar-refractivity contribution in [1.82, 2.24) is 15.3 Å². The van der Waals surface area contributed by atoms with Crippen LogP contribution in [0.25, 0.3) is 17.0 Å². The van der Waals surface area contributed by atoms with Gasteiger partial charge in [0.15, 0.2) is 23.1 Å². The van der Waals surface area contributed by atoms with Crippen LogP contribution < -0.4 is 10.1 Å². The number of hydrogen-bond acceptors (Lipinski definition) is 7. The molecule has 2 aliphatic rings. The Morgan fingerprint density at radius 2 is 1.85 bits per heavy atom. The number of hydrogen-bond donors (Lipinski definition) is 1. The van der Waals surface area contributed by atoms with Gasteiger partial charge in [-0.3, -0.25) is 9.59 Å². The summed E-state index contributed by atoms with van der Waals surface area (Å²) in [4.78, 5) is 33.9. The van der Waals surface area contributed by atoms with Crippen molar-refractivity contribution >= 4 is 17.1 Å². The molecule has 7 nitrogen and oxygen atoms in total. The Morgan fingerprint density at radius 1 is 1.07 bits per heavy atom. The van der Waals surface area contributed by atoms with E-state index in [0.29, 0.717) is 47.2 Å². The lowest BCUT2D eigenvalue weighted by molar-refractivity contribution is -0.112. The highest BCUT2D eigenvalue weighted by molar-refractivity contribution is 6.22. The topological polar surface area (TPSA) is 105 Å². The van der Waals surface area contributed by atoms with Crippen molar-refractivity contribution < 1.29 is 14.3 Å². The van der Waals surface area contributed by atoms with Gasteiger partial charge in [-0.15, -0.1) is 0 Å². The fraction of sp³-hybridized carbons (Fsp3) is 0.324. The van der Waals surface area contributed by atoms with Crippen molar-refractivity contribution in [2.75, 3.05) is 19.7 Å². The standard InChI is InChI=1S/C34H34N4O3/c1-23(39)9-11-29-30(33(40)31-12-10-26(19-35)18-32(29)31)8-3-2-5-24-6-4-7-27(17-24)34-37-20-28(21-38-34)41-22-25-13-15-36-16-14-25/h4,6-7,9-12,17-18,20-21,25,36H,2-3,5,8,13-16,22H2,1H3/b11-9-. The van der Waals surface area contributed by atoms with E-state index in [9.17, 15) is 14.9 Å². The summed E-state index contributed by atoms with van der Waals surface area (Å²) < 4.78 is 5.93. The third-order valence-electron chi connectivity index (χ3n) is 7.67. The predicted octanol–water partition coefficient (Wildman–Crippen LogP) is 5.90. The lowest BCUT2D eigenvalue weighted by atomic mass is 9.98. The molecule has 1 fully saturated rings. The number of aryl methyl sites for hydroxylation is 1. The molecule has 5 rings (SSSR count). The fourth-order valence-corrected chi connectivity index (χ4v) is 5.42. The number of nitriles is 1. The number of piperidine rings is 1. The molecule has 0 saturated carbocycles. The van der Waals surface area contributed by atoms with Gasteiger partial charge >= 0.3 is 0 Å². The van der Waals surface area contributed by atoms with Crippen LogP contribution in [-0.2, 0) is 11.2 Å². The summed E-state index contributed by atoms with van der Waals surface area (Å²) in [7, 11) is 0. The molecule has 0 spiro atoms. The van der Waals surface area contributed by atoms with Gasteiger partial charge in [0.1, 0.15) is 0 Å². The van der Waals surface area contributed by atoms with Gasteiger partial charge in [-0.25, -0.2) is 9.97 Å². The fourth-order valence-electron chi connectivity index (χ4n) is 5.42. The molecule has 41 heavy (non-hydrogen) atoms. The Labute approximate surface area is 241 Å². The van der Waals surface area contributed by atoms with Gasteiger partial charge in [-0.2, -0.15) is 5.26 Å². The predicted molar refractivity (Wildman–Crippen MR) is 158 cm³/mol. The largest absolute Gasteiger partial charge is 0.490 e. The third-order valence-corrected chi connectivity index (χ3v) is 7.67. The van der Waals surface area contributed by atoms with Crippen LogP contribution >= 0.6 is 0 Å². The minimum absolute atomic E-state index is 0.0185. The minimum Gasteiger partial charge on any atom is -0.490 e. The monoisotopic (exact) mass is 546 g/mol. The number of Topliss-reactive ketones (excluding diaryl/α,β-unsaturated/α-hetero) is 1. The maximum absolute atomic E-state index is 13.2. The average Bonchev–Trinajstić information content (AvgIpc) is 3.27. The van der Waals surface area contributed by atoms with E-state index < -0.39 is 0 Å². The lowest BCUT2D eigenvalue weighted by Crippen LogP contribution is -2.30. The van der Waals surface area contributed by atoms with Gasteiger partial charge in [-0.05, 0) is 111 Å². The van der Waals surface area contributed by atoms with Crippen molar-refractivity contribution in [2.24, 2.45) is 5.92 Å². The number of unbranched alkanes of at least 4 members (excludes halogenated alkanes) is 1. The summed E-state index contributed by atoms with van der Waals surface area (Å²) in [5.41, 5.74) is 5.42. The van der Waals surface area contributed by atoms with Crippen LogP contribution in [0.15, 0.2) is 72.6 Å². The first-order valence-corrected chi connectivity index (χ1v) is 14.3. The molecular weight excluding hydrogens is 512 g/mol. The third kappa shape index (κ3) is 7.03. The summed E-state index contributed by atoms with van der Waals surface area (Å²) in [5.74, 6) is 1.83. The molecular formula is C34H34N4O3. The second kappa shape index (κ2) is 13.3. The second-order valence-electron chi connectivity index (χ2n) is 10.7. The summed E-state index contributed by atoms with van der Waals surface area (Å²) in [6.45, 7) is 4.28. The molecule has 208 valence electrons. The first-order valence-electron chi connectivity index (χ1n) is 14.3. The Balaban J connectivity index is 1.19. The zero-order valence-electron chi connectivity index (χ0n) is 23.4. The van der Waals surface area contributed by atoms with Crippen molar-refractivity contribution in [1.29, 1.82) is 5.26 Å². The van der Waals surface area contributed by atoms with E-state index in [4.69, 9.17) is 4.74 Å². The quantitative estimate of drug-likeness (QED) is 0.236. The Bertz CT molecular complexity index is 1530. The molecule has 0 amide bonds. The number of nitrogens with zero attached hydrogens (tertiary/aromatic N) is 3. The number of ether oxygens (including phenoxy) is 1. The van der Waals surface area contributed by atoms with Gasteiger partial charge in [0.2, 0.25) is 0 Å². The first-order chi connectivity index (χ1) is 20.0. The van der Waals surface area contributed by atoms with E-state index in [0.717, 1.165) is 61.9 Å². The molecule has 1 aliphatic heterocycles. The molecule has 3 aromatic rings. The summed E-state index contributed by atoms with van der Waals surface area (Å²) in [5, 5.41) is 12.7. The summed E-state index contributed by atoms with van der Waals surface area (Å²) in [6, 6.07) is 15.5. The molecule has 1 aliphatic carbocycles.